The van der Waals surface area contributed by atoms with E-state index in [4.69, 9.17) is 4.52 Å². The second-order valence-electron chi connectivity index (χ2n) is 6.61. The molecule has 0 saturated carbocycles. The molecule has 0 radical (unpaired) electrons. The zero-order valence-corrected chi connectivity index (χ0v) is 15.2. The van der Waals surface area contributed by atoms with Gasteiger partial charge in [-0.1, -0.05) is 17.3 Å². The Hall–Kier alpha value is -3.00. The van der Waals surface area contributed by atoms with Crippen LogP contribution in [0.3, 0.4) is 0 Å². The first kappa shape index (κ1) is 16.5. The number of hydrogen-bond donors (Lipinski definition) is 0. The predicted molar refractivity (Wildman–Crippen MR) is 96.9 cm³/mol. The van der Waals surface area contributed by atoms with Crippen LogP contribution in [0.1, 0.15) is 22.8 Å². The van der Waals surface area contributed by atoms with Gasteiger partial charge in [0.15, 0.2) is 5.82 Å². The van der Waals surface area contributed by atoms with Gasteiger partial charge in [0, 0.05) is 19.2 Å². The Bertz CT molecular complexity index is 1150. The third kappa shape index (κ3) is 2.50. The maximum atomic E-state index is 12.5. The standard InChI is InChI=1S/C18H20N6O2/c1-11-14(12(2)26-21-11)9-22(3)10-16-19-20-18-23(4)17(25)13-7-5-6-8-15(13)24(16)18/h5-8H,9-10H2,1-4H3. The molecule has 3 heterocycles. The molecule has 0 aliphatic heterocycles. The third-order valence-electron chi connectivity index (χ3n) is 4.71. The van der Waals surface area contributed by atoms with Crippen LogP contribution in [0.4, 0.5) is 0 Å². The van der Waals surface area contributed by atoms with Crippen LogP contribution in [0.2, 0.25) is 0 Å². The molecule has 0 aliphatic rings. The van der Waals surface area contributed by atoms with E-state index < -0.39 is 0 Å². The summed E-state index contributed by atoms with van der Waals surface area (Å²) in [6.45, 7) is 5.13. The number of aromatic nitrogens is 5. The van der Waals surface area contributed by atoms with Crippen LogP contribution in [-0.4, -0.2) is 36.3 Å². The first-order chi connectivity index (χ1) is 12.5. The Morgan fingerprint density at radius 2 is 1.92 bits per heavy atom. The number of benzene rings is 1. The summed E-state index contributed by atoms with van der Waals surface area (Å²) in [5, 5.41) is 13.2. The van der Waals surface area contributed by atoms with Gasteiger partial charge in [-0.25, -0.2) is 0 Å². The molecule has 0 saturated heterocycles. The first-order valence-electron chi connectivity index (χ1n) is 8.39. The maximum Gasteiger partial charge on any atom is 0.262 e. The van der Waals surface area contributed by atoms with E-state index in [-0.39, 0.29) is 5.56 Å². The summed E-state index contributed by atoms with van der Waals surface area (Å²) in [7, 11) is 3.73. The lowest BCUT2D eigenvalue weighted by Crippen LogP contribution is -2.22. The van der Waals surface area contributed by atoms with E-state index in [0.29, 0.717) is 24.3 Å². The van der Waals surface area contributed by atoms with Crippen LogP contribution >= 0.6 is 0 Å². The lowest BCUT2D eigenvalue weighted by molar-refractivity contribution is 0.306. The molecule has 4 rings (SSSR count). The first-order valence-corrected chi connectivity index (χ1v) is 8.39. The summed E-state index contributed by atoms with van der Waals surface area (Å²) in [6.07, 6.45) is 0. The van der Waals surface area contributed by atoms with Crippen molar-refractivity contribution in [2.45, 2.75) is 26.9 Å². The van der Waals surface area contributed by atoms with Crippen molar-refractivity contribution >= 4 is 16.7 Å². The number of fused-ring (bicyclic) bond motifs is 3. The van der Waals surface area contributed by atoms with Crippen LogP contribution in [0, 0.1) is 13.8 Å². The summed E-state index contributed by atoms with van der Waals surface area (Å²) in [5.74, 6) is 2.14. The smallest absolute Gasteiger partial charge is 0.262 e. The second kappa shape index (κ2) is 6.06. The highest BCUT2D eigenvalue weighted by atomic mass is 16.5. The number of para-hydroxylation sites is 1. The Labute approximate surface area is 149 Å². The molecule has 0 bridgehead atoms. The quantitative estimate of drug-likeness (QED) is 0.557. The molecule has 0 aliphatic carbocycles. The van der Waals surface area contributed by atoms with Gasteiger partial charge in [-0.05, 0) is 33.0 Å². The summed E-state index contributed by atoms with van der Waals surface area (Å²) in [4.78, 5) is 14.6. The minimum atomic E-state index is -0.0730. The monoisotopic (exact) mass is 352 g/mol. The summed E-state index contributed by atoms with van der Waals surface area (Å²) in [5.41, 5.74) is 2.72. The lowest BCUT2D eigenvalue weighted by Gasteiger charge is -2.16. The van der Waals surface area contributed by atoms with Gasteiger partial charge < -0.3 is 4.52 Å². The van der Waals surface area contributed by atoms with Gasteiger partial charge in [0.1, 0.15) is 5.76 Å². The van der Waals surface area contributed by atoms with Crippen molar-refractivity contribution in [3.8, 4) is 0 Å². The van der Waals surface area contributed by atoms with Crippen molar-refractivity contribution < 1.29 is 4.52 Å². The van der Waals surface area contributed by atoms with Crippen LogP contribution in [0.25, 0.3) is 16.7 Å². The summed E-state index contributed by atoms with van der Waals surface area (Å²) < 4.78 is 8.72. The van der Waals surface area contributed by atoms with Gasteiger partial charge in [0.2, 0.25) is 5.78 Å². The predicted octanol–water partition coefficient (Wildman–Crippen LogP) is 1.82. The molecule has 8 heteroatoms. The van der Waals surface area contributed by atoms with E-state index in [1.165, 1.54) is 4.57 Å². The van der Waals surface area contributed by atoms with Crippen LogP contribution in [-0.2, 0) is 20.1 Å². The average molecular weight is 352 g/mol. The highest BCUT2D eigenvalue weighted by Crippen LogP contribution is 2.17. The van der Waals surface area contributed by atoms with Gasteiger partial charge in [0.05, 0.1) is 23.1 Å². The molecular weight excluding hydrogens is 332 g/mol. The molecule has 0 amide bonds. The topological polar surface area (TPSA) is 81.5 Å². The fourth-order valence-corrected chi connectivity index (χ4v) is 3.29. The number of aryl methyl sites for hydroxylation is 3. The van der Waals surface area contributed by atoms with E-state index in [1.807, 2.05) is 49.6 Å². The van der Waals surface area contributed by atoms with Crippen molar-refractivity contribution in [1.29, 1.82) is 0 Å². The van der Waals surface area contributed by atoms with Gasteiger partial charge in [-0.2, -0.15) is 0 Å². The van der Waals surface area contributed by atoms with Crippen LogP contribution < -0.4 is 5.56 Å². The summed E-state index contributed by atoms with van der Waals surface area (Å²) in [6, 6.07) is 7.53. The number of hydrogen-bond acceptors (Lipinski definition) is 6. The third-order valence-corrected chi connectivity index (χ3v) is 4.71. The largest absolute Gasteiger partial charge is 0.361 e. The molecule has 0 atom stereocenters. The van der Waals surface area contributed by atoms with E-state index in [9.17, 15) is 4.79 Å². The van der Waals surface area contributed by atoms with E-state index in [0.717, 1.165) is 28.4 Å². The molecule has 134 valence electrons. The normalized spacial score (nSPS) is 11.9. The molecule has 4 aromatic rings. The van der Waals surface area contributed by atoms with Crippen molar-refractivity contribution in [3.63, 3.8) is 0 Å². The van der Waals surface area contributed by atoms with E-state index in [1.54, 1.807) is 7.05 Å². The van der Waals surface area contributed by atoms with Crippen LogP contribution in [0.5, 0.6) is 0 Å². The van der Waals surface area contributed by atoms with Gasteiger partial charge in [-0.15, -0.1) is 10.2 Å². The minimum absolute atomic E-state index is 0.0730. The Balaban J connectivity index is 1.77. The highest BCUT2D eigenvalue weighted by molar-refractivity contribution is 5.80. The SMILES string of the molecule is Cc1noc(C)c1CN(C)Cc1nnc2n(C)c(=O)c3ccccc3n12. The van der Waals surface area contributed by atoms with Crippen LogP contribution in [0.15, 0.2) is 33.6 Å². The average Bonchev–Trinajstić information content (AvgIpc) is 3.18. The number of rotatable bonds is 4. The fourth-order valence-electron chi connectivity index (χ4n) is 3.29. The Morgan fingerprint density at radius 3 is 2.65 bits per heavy atom. The lowest BCUT2D eigenvalue weighted by atomic mass is 10.2. The fraction of sp³-hybridized carbons (Fsp3) is 0.333. The molecule has 8 nitrogen and oxygen atoms in total. The minimum Gasteiger partial charge on any atom is -0.361 e. The van der Waals surface area contributed by atoms with Gasteiger partial charge in [0.25, 0.3) is 5.56 Å². The van der Waals surface area contributed by atoms with Crippen molar-refractivity contribution in [2.75, 3.05) is 7.05 Å². The molecular formula is C18H20N6O2. The maximum absolute atomic E-state index is 12.5. The van der Waals surface area contributed by atoms with Crippen molar-refractivity contribution in [3.05, 3.63) is 57.5 Å². The van der Waals surface area contributed by atoms with Gasteiger partial charge >= 0.3 is 0 Å². The highest BCUT2D eigenvalue weighted by Gasteiger charge is 2.17. The van der Waals surface area contributed by atoms with E-state index in [2.05, 4.69) is 20.3 Å². The Morgan fingerprint density at radius 1 is 1.15 bits per heavy atom. The van der Waals surface area contributed by atoms with Crippen molar-refractivity contribution in [1.82, 2.24) is 29.2 Å². The van der Waals surface area contributed by atoms with Crippen molar-refractivity contribution in [2.24, 2.45) is 7.05 Å². The molecule has 26 heavy (non-hydrogen) atoms. The molecule has 1 aromatic carbocycles. The second-order valence-corrected chi connectivity index (χ2v) is 6.61. The summed E-state index contributed by atoms with van der Waals surface area (Å²) >= 11 is 0. The zero-order chi connectivity index (χ0) is 18.4. The zero-order valence-electron chi connectivity index (χ0n) is 15.2. The Kier molecular flexibility index (Phi) is 3.84. The molecule has 0 N–H and O–H groups in total. The number of nitrogens with zero attached hydrogens (tertiary/aromatic N) is 6. The molecule has 3 aromatic heterocycles. The molecule has 0 fully saturated rings. The molecule has 0 unspecified atom stereocenters. The molecule has 0 spiro atoms. The van der Waals surface area contributed by atoms with Gasteiger partial charge in [-0.3, -0.25) is 18.7 Å². The van der Waals surface area contributed by atoms with E-state index >= 15 is 0 Å².